The minimum absolute atomic E-state index is 0.0244. The first-order valence-electron chi connectivity index (χ1n) is 13.8. The second-order valence-electron chi connectivity index (χ2n) is 10.8. The molecule has 1 amide bonds. The lowest BCUT2D eigenvalue weighted by molar-refractivity contribution is 0.0630. The number of hydrogen-bond donors (Lipinski definition) is 0. The van der Waals surface area contributed by atoms with Crippen molar-refractivity contribution in [2.24, 2.45) is 0 Å². The van der Waals surface area contributed by atoms with Gasteiger partial charge in [-0.25, -0.2) is 0 Å². The van der Waals surface area contributed by atoms with Gasteiger partial charge in [-0.05, 0) is 79.8 Å². The smallest absolute Gasteiger partial charge is 0.255 e. The fourth-order valence-electron chi connectivity index (χ4n) is 5.44. The lowest BCUT2D eigenvalue weighted by atomic mass is 10.0. The largest absolute Gasteiger partial charge is 0.336 e. The lowest BCUT2D eigenvalue weighted by Crippen LogP contribution is -2.49. The predicted molar refractivity (Wildman–Crippen MR) is 166 cm³/mol. The highest BCUT2D eigenvalue weighted by molar-refractivity contribution is 6.30. The number of piperazine rings is 1. The average molecular weight is 566 g/mol. The number of amides is 1. The molecule has 2 aromatic heterocycles. The van der Waals surface area contributed by atoms with Gasteiger partial charge in [-0.3, -0.25) is 24.0 Å². The third-order valence-corrected chi connectivity index (χ3v) is 8.04. The summed E-state index contributed by atoms with van der Waals surface area (Å²) in [5, 5.41) is 2.41. The topological polar surface area (TPSA) is 61.7 Å². The molecule has 8 heteroatoms. The molecule has 0 atom stereocenters. The van der Waals surface area contributed by atoms with Crippen molar-refractivity contribution in [1.29, 1.82) is 0 Å². The van der Waals surface area contributed by atoms with Crippen LogP contribution in [0.5, 0.6) is 0 Å². The fourth-order valence-corrected chi connectivity index (χ4v) is 5.57. The van der Waals surface area contributed by atoms with Gasteiger partial charge in [-0.15, -0.1) is 0 Å². The summed E-state index contributed by atoms with van der Waals surface area (Å²) in [6.45, 7) is 5.20. The number of hydrogen-bond acceptors (Lipinski definition) is 5. The molecule has 0 spiro atoms. The Bertz CT molecular complexity index is 1770. The monoisotopic (exact) mass is 565 g/mol. The third kappa shape index (κ3) is 5.61. The number of benzene rings is 3. The number of nitrogens with zero attached hydrogens (tertiary/aromatic N) is 5. The van der Waals surface area contributed by atoms with E-state index in [1.165, 1.54) is 0 Å². The van der Waals surface area contributed by atoms with Crippen LogP contribution >= 0.6 is 11.6 Å². The maximum Gasteiger partial charge on any atom is 0.255 e. The Morgan fingerprint density at radius 3 is 2.29 bits per heavy atom. The van der Waals surface area contributed by atoms with Crippen molar-refractivity contribution in [3.8, 4) is 16.8 Å². The van der Waals surface area contributed by atoms with Gasteiger partial charge in [0.05, 0.1) is 11.0 Å². The van der Waals surface area contributed by atoms with Gasteiger partial charge < -0.3 is 9.80 Å². The molecule has 0 bridgehead atoms. The van der Waals surface area contributed by atoms with Crippen LogP contribution in [0, 0.1) is 0 Å². The van der Waals surface area contributed by atoms with Gasteiger partial charge in [0.1, 0.15) is 0 Å². The molecular formula is C33H32ClN5O2. The van der Waals surface area contributed by atoms with Crippen molar-refractivity contribution in [1.82, 2.24) is 24.3 Å². The van der Waals surface area contributed by atoms with E-state index in [0.29, 0.717) is 29.4 Å². The molecule has 1 aliphatic heterocycles. The van der Waals surface area contributed by atoms with Crippen molar-refractivity contribution in [3.05, 3.63) is 106 Å². The molecule has 0 radical (unpaired) electrons. The Morgan fingerprint density at radius 1 is 0.878 bits per heavy atom. The summed E-state index contributed by atoms with van der Waals surface area (Å²) in [6, 6.07) is 24.5. The molecule has 6 rings (SSSR count). The molecule has 1 saturated heterocycles. The molecular weight excluding hydrogens is 534 g/mol. The first-order chi connectivity index (χ1) is 19.9. The summed E-state index contributed by atoms with van der Waals surface area (Å²) >= 11 is 6.10. The van der Waals surface area contributed by atoms with Crippen molar-refractivity contribution in [3.63, 3.8) is 0 Å². The molecule has 0 N–H and O–H groups in total. The van der Waals surface area contributed by atoms with Gasteiger partial charge in [0.25, 0.3) is 11.5 Å². The van der Waals surface area contributed by atoms with E-state index in [4.69, 9.17) is 11.6 Å². The lowest BCUT2D eigenvalue weighted by Gasteiger charge is -2.35. The van der Waals surface area contributed by atoms with Crippen molar-refractivity contribution in [2.75, 3.05) is 53.4 Å². The predicted octanol–water partition coefficient (Wildman–Crippen LogP) is 5.18. The standard InChI is InChI=1S/C33H32ClN5O2/c1-36(2)15-16-37-17-19-38(20-18-37)33(41)24-5-11-28(12-6-24)39-31(40)14-8-26-22-35-30-13-7-25(21-29(30)32(26)39)23-3-9-27(34)10-4-23/h3-14,21-22H,15-20H2,1-2H3. The summed E-state index contributed by atoms with van der Waals surface area (Å²) in [5.74, 6) is 0.0244. The summed E-state index contributed by atoms with van der Waals surface area (Å²) < 4.78 is 1.71. The van der Waals surface area contributed by atoms with E-state index in [2.05, 4.69) is 34.9 Å². The van der Waals surface area contributed by atoms with E-state index in [1.807, 2.05) is 71.6 Å². The first kappa shape index (κ1) is 27.1. The average Bonchev–Trinajstić information content (AvgIpc) is 3.00. The molecule has 208 valence electrons. The van der Waals surface area contributed by atoms with Crippen molar-refractivity contribution in [2.45, 2.75) is 0 Å². The van der Waals surface area contributed by atoms with Gasteiger partial charge in [-0.1, -0.05) is 29.8 Å². The maximum absolute atomic E-state index is 13.3. The van der Waals surface area contributed by atoms with Gasteiger partial charge >= 0.3 is 0 Å². The Morgan fingerprint density at radius 2 is 1.59 bits per heavy atom. The van der Waals surface area contributed by atoms with E-state index >= 15 is 0 Å². The van der Waals surface area contributed by atoms with Crippen LogP contribution in [-0.4, -0.2) is 83.5 Å². The quantitative estimate of drug-likeness (QED) is 0.266. The van der Waals surface area contributed by atoms with Crippen molar-refractivity contribution < 1.29 is 4.79 Å². The van der Waals surface area contributed by atoms with Crippen LogP contribution in [0.3, 0.4) is 0 Å². The fraction of sp³-hybridized carbons (Fsp3) is 0.242. The van der Waals surface area contributed by atoms with Crippen molar-refractivity contribution >= 4 is 39.3 Å². The normalized spacial score (nSPS) is 14.3. The minimum Gasteiger partial charge on any atom is -0.336 e. The Labute approximate surface area is 244 Å². The summed E-state index contributed by atoms with van der Waals surface area (Å²) in [6.07, 6.45) is 1.80. The summed E-state index contributed by atoms with van der Waals surface area (Å²) in [7, 11) is 4.15. The number of pyridine rings is 2. The van der Waals surface area contributed by atoms with Gasteiger partial charge in [0, 0.05) is 78.6 Å². The molecule has 0 saturated carbocycles. The van der Waals surface area contributed by atoms with E-state index in [-0.39, 0.29) is 11.5 Å². The zero-order valence-corrected chi connectivity index (χ0v) is 24.0. The second-order valence-corrected chi connectivity index (χ2v) is 11.2. The van der Waals surface area contributed by atoms with Crippen LogP contribution in [0.15, 0.2) is 89.9 Å². The van der Waals surface area contributed by atoms with Crippen LogP contribution in [0.1, 0.15) is 10.4 Å². The molecule has 41 heavy (non-hydrogen) atoms. The molecule has 5 aromatic rings. The second kappa shape index (κ2) is 11.4. The Balaban J connectivity index is 1.32. The molecule has 3 heterocycles. The summed E-state index contributed by atoms with van der Waals surface area (Å²) in [4.78, 5) is 37.7. The number of likely N-dealkylation sites (N-methyl/N-ethyl adjacent to an activating group) is 1. The number of carbonyl (C=O) groups excluding carboxylic acids is 1. The van der Waals surface area contributed by atoms with Crippen LogP contribution < -0.4 is 5.56 Å². The third-order valence-electron chi connectivity index (χ3n) is 7.79. The SMILES string of the molecule is CN(C)CCN1CCN(C(=O)c2ccc(-n3c(=O)ccc4cnc5ccc(-c6ccc(Cl)cc6)cc5c43)cc2)CC1. The van der Waals surface area contributed by atoms with E-state index < -0.39 is 0 Å². The molecule has 0 aliphatic carbocycles. The number of halogens is 1. The van der Waals surface area contributed by atoms with E-state index in [9.17, 15) is 9.59 Å². The van der Waals surface area contributed by atoms with Gasteiger partial charge in [-0.2, -0.15) is 0 Å². The van der Waals surface area contributed by atoms with Gasteiger partial charge in [0.15, 0.2) is 0 Å². The Kier molecular flexibility index (Phi) is 7.58. The number of fused-ring (bicyclic) bond motifs is 3. The van der Waals surface area contributed by atoms with Crippen LogP contribution in [0.25, 0.3) is 38.6 Å². The van der Waals surface area contributed by atoms with Crippen LogP contribution in [-0.2, 0) is 0 Å². The number of aromatic nitrogens is 2. The zero-order valence-electron chi connectivity index (χ0n) is 23.3. The first-order valence-corrected chi connectivity index (χ1v) is 14.2. The van der Waals surface area contributed by atoms with Crippen LogP contribution in [0.2, 0.25) is 5.02 Å². The summed E-state index contributed by atoms with van der Waals surface area (Å²) in [5.41, 5.74) is 4.80. The van der Waals surface area contributed by atoms with E-state index in [1.54, 1.807) is 16.8 Å². The number of carbonyl (C=O) groups is 1. The Hall–Kier alpha value is -4.04. The highest BCUT2D eigenvalue weighted by Gasteiger charge is 2.22. The highest BCUT2D eigenvalue weighted by Crippen LogP contribution is 2.30. The van der Waals surface area contributed by atoms with E-state index in [0.717, 1.165) is 59.1 Å². The van der Waals surface area contributed by atoms with Gasteiger partial charge in [0.2, 0.25) is 0 Å². The highest BCUT2D eigenvalue weighted by atomic mass is 35.5. The zero-order chi connectivity index (χ0) is 28.5. The minimum atomic E-state index is -0.144. The molecule has 3 aromatic carbocycles. The molecule has 0 unspecified atom stereocenters. The van der Waals surface area contributed by atoms with Crippen LogP contribution in [0.4, 0.5) is 0 Å². The molecule has 1 fully saturated rings. The number of rotatable bonds is 6. The maximum atomic E-state index is 13.3. The molecule has 1 aliphatic rings. The molecule has 7 nitrogen and oxygen atoms in total.